The van der Waals surface area contributed by atoms with Gasteiger partial charge in [0.15, 0.2) is 0 Å². The second-order valence-electron chi connectivity index (χ2n) is 16.3. The van der Waals surface area contributed by atoms with E-state index in [2.05, 4.69) is 172 Å². The molecule has 2 heteroatoms. The first-order chi connectivity index (χ1) is 23.6. The third kappa shape index (κ3) is 3.72. The van der Waals surface area contributed by atoms with Crippen LogP contribution in [0.25, 0.3) is 55.0 Å². The summed E-state index contributed by atoms with van der Waals surface area (Å²) in [6, 6.07) is 45.8. The molecule has 0 unspecified atom stereocenters. The van der Waals surface area contributed by atoms with Crippen molar-refractivity contribution in [3.8, 4) is 11.4 Å². The van der Waals surface area contributed by atoms with E-state index in [1.54, 1.807) is 0 Å². The van der Waals surface area contributed by atoms with Crippen molar-refractivity contribution >= 4 is 43.6 Å². The van der Waals surface area contributed by atoms with Crippen LogP contribution in [0.15, 0.2) is 121 Å². The van der Waals surface area contributed by atoms with Gasteiger partial charge in [-0.1, -0.05) is 113 Å². The quantitative estimate of drug-likeness (QED) is 0.179. The van der Waals surface area contributed by atoms with Gasteiger partial charge in [-0.3, -0.25) is 0 Å². The number of aromatic nitrogens is 2. The van der Waals surface area contributed by atoms with Crippen molar-refractivity contribution in [1.82, 2.24) is 9.13 Å². The summed E-state index contributed by atoms with van der Waals surface area (Å²) in [5.41, 5.74) is 16.5. The minimum Gasteiger partial charge on any atom is -0.309 e. The molecule has 6 aromatic carbocycles. The SMILES string of the molecule is Cc1cc2c(cc1-n1c3ccccc3c3ccccc31)C(C)(C)CC21CC(C)(C)c2cc(-n3c4ccccc4c4ccccc43)c(C)cc21. The normalized spacial score (nSPS) is 17.1. The number of hydrogen-bond donors (Lipinski definition) is 0. The molecule has 0 fully saturated rings. The van der Waals surface area contributed by atoms with Crippen LogP contribution in [-0.2, 0) is 16.2 Å². The fourth-order valence-corrected chi connectivity index (χ4v) is 10.4. The molecule has 8 aromatic rings. The molecule has 2 nitrogen and oxygen atoms in total. The van der Waals surface area contributed by atoms with Crippen LogP contribution in [0.2, 0.25) is 0 Å². The van der Waals surface area contributed by atoms with E-state index in [0.717, 1.165) is 12.8 Å². The highest BCUT2D eigenvalue weighted by Gasteiger charge is 2.56. The number of nitrogens with zero attached hydrogens (tertiary/aromatic N) is 2. The van der Waals surface area contributed by atoms with E-state index in [-0.39, 0.29) is 16.2 Å². The van der Waals surface area contributed by atoms with Crippen molar-refractivity contribution in [3.63, 3.8) is 0 Å². The lowest BCUT2D eigenvalue weighted by Gasteiger charge is -2.31. The molecule has 2 aliphatic rings. The number of aryl methyl sites for hydroxylation is 2. The van der Waals surface area contributed by atoms with Crippen molar-refractivity contribution in [2.24, 2.45) is 0 Å². The molecule has 1 spiro atoms. The third-order valence-corrected chi connectivity index (χ3v) is 12.3. The van der Waals surface area contributed by atoms with Crippen molar-refractivity contribution in [1.29, 1.82) is 0 Å². The number of para-hydroxylation sites is 4. The van der Waals surface area contributed by atoms with Crippen LogP contribution in [0.5, 0.6) is 0 Å². The smallest absolute Gasteiger partial charge is 0.0541 e. The highest BCUT2D eigenvalue weighted by molar-refractivity contribution is 6.10. The zero-order valence-electron chi connectivity index (χ0n) is 29.4. The molecule has 0 amide bonds. The van der Waals surface area contributed by atoms with Crippen LogP contribution in [0.4, 0.5) is 0 Å². The van der Waals surface area contributed by atoms with Gasteiger partial charge in [-0.05, 0) is 107 Å². The van der Waals surface area contributed by atoms with Gasteiger partial charge in [0, 0.05) is 38.3 Å². The molecular formula is C47H42N2. The minimum atomic E-state index is -0.0219. The van der Waals surface area contributed by atoms with E-state index >= 15 is 0 Å². The van der Waals surface area contributed by atoms with Gasteiger partial charge in [-0.2, -0.15) is 0 Å². The van der Waals surface area contributed by atoms with Gasteiger partial charge < -0.3 is 9.13 Å². The first kappa shape index (κ1) is 28.9. The van der Waals surface area contributed by atoms with E-state index < -0.39 is 0 Å². The Morgan fingerprint density at radius 1 is 0.408 bits per heavy atom. The van der Waals surface area contributed by atoms with Crippen molar-refractivity contribution in [3.05, 3.63) is 155 Å². The lowest BCUT2D eigenvalue weighted by Crippen LogP contribution is -2.27. The van der Waals surface area contributed by atoms with Gasteiger partial charge in [0.2, 0.25) is 0 Å². The summed E-state index contributed by atoms with van der Waals surface area (Å²) >= 11 is 0. The Morgan fingerprint density at radius 2 is 0.714 bits per heavy atom. The zero-order chi connectivity index (χ0) is 33.4. The predicted molar refractivity (Wildman–Crippen MR) is 207 cm³/mol. The summed E-state index contributed by atoms with van der Waals surface area (Å²) in [6.45, 7) is 14.6. The molecule has 0 radical (unpaired) electrons. The third-order valence-electron chi connectivity index (χ3n) is 12.3. The molecule has 2 aliphatic carbocycles. The first-order valence-electron chi connectivity index (χ1n) is 17.9. The maximum atomic E-state index is 2.57. The summed E-state index contributed by atoms with van der Waals surface area (Å²) in [7, 11) is 0. The van der Waals surface area contributed by atoms with Gasteiger partial charge in [0.25, 0.3) is 0 Å². The molecule has 2 aromatic heterocycles. The van der Waals surface area contributed by atoms with Gasteiger partial charge in [0.05, 0.1) is 22.1 Å². The van der Waals surface area contributed by atoms with Crippen LogP contribution in [0, 0.1) is 13.8 Å². The molecule has 0 atom stereocenters. The summed E-state index contributed by atoms with van der Waals surface area (Å²) in [6.07, 6.45) is 2.24. The molecule has 0 saturated carbocycles. The average molecular weight is 635 g/mol. The molecule has 0 bridgehead atoms. The van der Waals surface area contributed by atoms with E-state index in [0.29, 0.717) is 0 Å². The van der Waals surface area contributed by atoms with Gasteiger partial charge in [-0.25, -0.2) is 0 Å². The highest BCUT2D eigenvalue weighted by atomic mass is 15.0. The average Bonchev–Trinajstić information content (AvgIpc) is 3.73. The van der Waals surface area contributed by atoms with Crippen LogP contribution < -0.4 is 0 Å². The Bertz CT molecular complexity index is 2400. The van der Waals surface area contributed by atoms with E-state index in [4.69, 9.17) is 0 Å². The maximum Gasteiger partial charge on any atom is 0.0541 e. The van der Waals surface area contributed by atoms with Gasteiger partial charge in [-0.15, -0.1) is 0 Å². The number of hydrogen-bond acceptors (Lipinski definition) is 0. The summed E-state index contributed by atoms with van der Waals surface area (Å²) in [4.78, 5) is 0. The minimum absolute atomic E-state index is 0.0219. The van der Waals surface area contributed by atoms with Crippen molar-refractivity contribution in [2.75, 3.05) is 0 Å². The molecule has 240 valence electrons. The standard InChI is InChI=1S/C47H42N2/c1-29-23-37-35(25-43(29)48-39-19-11-7-15-31(39)32-16-8-12-20-40(32)48)45(3,4)27-47(37)28-46(5,6)36-26-44(30(2)24-38(36)47)49-41-21-13-9-17-33(41)34-18-10-14-22-42(34)49/h7-26H,27-28H2,1-6H3. The van der Waals surface area contributed by atoms with E-state index in [1.165, 1.54) is 88.4 Å². The van der Waals surface area contributed by atoms with Crippen LogP contribution in [0.3, 0.4) is 0 Å². The number of fused-ring (bicyclic) bond motifs is 10. The Morgan fingerprint density at radius 3 is 1.04 bits per heavy atom. The molecule has 0 saturated heterocycles. The monoisotopic (exact) mass is 634 g/mol. The van der Waals surface area contributed by atoms with Gasteiger partial charge in [0.1, 0.15) is 0 Å². The molecule has 0 aliphatic heterocycles. The van der Waals surface area contributed by atoms with Crippen LogP contribution in [0.1, 0.15) is 73.9 Å². The zero-order valence-corrected chi connectivity index (χ0v) is 29.4. The molecule has 2 heterocycles. The fraction of sp³-hybridized carbons (Fsp3) is 0.234. The van der Waals surface area contributed by atoms with E-state index in [9.17, 15) is 0 Å². The molecule has 49 heavy (non-hydrogen) atoms. The Balaban J connectivity index is 1.20. The number of rotatable bonds is 2. The second kappa shape index (κ2) is 9.54. The largest absolute Gasteiger partial charge is 0.309 e. The molecular weight excluding hydrogens is 593 g/mol. The predicted octanol–water partition coefficient (Wildman–Crippen LogP) is 12.1. The summed E-state index contributed by atoms with van der Waals surface area (Å²) in [5.74, 6) is 0. The Hall–Kier alpha value is -5.08. The molecule has 10 rings (SSSR count). The fourth-order valence-electron chi connectivity index (χ4n) is 10.4. The van der Waals surface area contributed by atoms with E-state index in [1.807, 2.05) is 0 Å². The first-order valence-corrected chi connectivity index (χ1v) is 17.9. The molecule has 0 N–H and O–H groups in total. The number of benzene rings is 6. The summed E-state index contributed by atoms with van der Waals surface area (Å²) < 4.78 is 5.02. The van der Waals surface area contributed by atoms with Crippen LogP contribution in [-0.4, -0.2) is 9.13 Å². The van der Waals surface area contributed by atoms with Gasteiger partial charge >= 0.3 is 0 Å². The lowest BCUT2D eigenvalue weighted by atomic mass is 9.72. The lowest BCUT2D eigenvalue weighted by molar-refractivity contribution is 0.349. The Labute approximate surface area is 288 Å². The maximum absolute atomic E-state index is 2.57. The topological polar surface area (TPSA) is 9.86 Å². The second-order valence-corrected chi connectivity index (χ2v) is 16.3. The van der Waals surface area contributed by atoms with Crippen molar-refractivity contribution < 1.29 is 0 Å². The Kier molecular flexibility index (Phi) is 5.62. The van der Waals surface area contributed by atoms with Crippen molar-refractivity contribution in [2.45, 2.75) is 70.6 Å². The van der Waals surface area contributed by atoms with Crippen LogP contribution >= 0.6 is 0 Å². The highest BCUT2D eigenvalue weighted by Crippen LogP contribution is 2.63. The summed E-state index contributed by atoms with van der Waals surface area (Å²) in [5, 5.41) is 5.26.